The van der Waals surface area contributed by atoms with Gasteiger partial charge in [0, 0.05) is 29.7 Å². The minimum absolute atomic E-state index is 0.150. The van der Waals surface area contributed by atoms with E-state index in [2.05, 4.69) is 58.1 Å². The van der Waals surface area contributed by atoms with E-state index in [4.69, 9.17) is 25.1 Å². The normalized spacial score (nSPS) is 28.5. The molecule has 2 aliphatic heterocycles. The summed E-state index contributed by atoms with van der Waals surface area (Å²) in [5.74, 6) is 0. The molecule has 2 fully saturated rings. The van der Waals surface area contributed by atoms with Gasteiger partial charge in [-0.3, -0.25) is 14.3 Å². The van der Waals surface area contributed by atoms with E-state index in [-0.39, 0.29) is 25.2 Å². The molecule has 0 aromatic carbocycles. The van der Waals surface area contributed by atoms with Crippen LogP contribution in [0.1, 0.15) is 33.9 Å². The van der Waals surface area contributed by atoms with E-state index in [0.717, 1.165) is 0 Å². The summed E-state index contributed by atoms with van der Waals surface area (Å²) in [6.07, 6.45) is -0.405. The second-order valence-electron chi connectivity index (χ2n) is 8.05. The smallest absolute Gasteiger partial charge is 0.330 e. The molecule has 172 valence electrons. The van der Waals surface area contributed by atoms with Crippen molar-refractivity contribution in [3.8, 4) is 0 Å². The number of aromatic amines is 1. The van der Waals surface area contributed by atoms with Crippen LogP contribution in [0.2, 0.25) is 0 Å². The third kappa shape index (κ3) is 4.96. The SMILES string of the molecule is [C-]#[N+]CCOP(O[C@@H]1C2OC[C@]1(CBr)O[C@H]2n1ccc(=O)[nH]c1=O)N(C(C)C)C(C)C. The summed E-state index contributed by atoms with van der Waals surface area (Å²) < 4.78 is 28.3. The van der Waals surface area contributed by atoms with Crippen molar-refractivity contribution < 1.29 is 18.5 Å². The van der Waals surface area contributed by atoms with Crippen LogP contribution in [-0.4, -0.2) is 69.2 Å². The van der Waals surface area contributed by atoms with Gasteiger partial charge in [0.25, 0.3) is 14.1 Å². The number of nitrogens with zero attached hydrogens (tertiary/aromatic N) is 3. The Morgan fingerprint density at radius 1 is 1.42 bits per heavy atom. The van der Waals surface area contributed by atoms with Gasteiger partial charge < -0.3 is 23.4 Å². The zero-order valence-corrected chi connectivity index (χ0v) is 20.5. The minimum atomic E-state index is -1.51. The van der Waals surface area contributed by atoms with E-state index in [0.29, 0.717) is 11.9 Å². The Bertz CT molecular complexity index is 910. The van der Waals surface area contributed by atoms with E-state index in [1.165, 1.54) is 16.8 Å². The number of H-pyrrole nitrogens is 1. The average Bonchev–Trinajstić information content (AvgIpc) is 3.19. The van der Waals surface area contributed by atoms with Crippen LogP contribution in [0.3, 0.4) is 0 Å². The molecule has 1 N–H and O–H groups in total. The number of hydrogen-bond donors (Lipinski definition) is 1. The number of halogens is 1. The van der Waals surface area contributed by atoms with Crippen molar-refractivity contribution in [2.45, 2.75) is 63.8 Å². The molecule has 10 nitrogen and oxygen atoms in total. The maximum Gasteiger partial charge on any atom is 0.330 e. The van der Waals surface area contributed by atoms with Crippen LogP contribution in [0.15, 0.2) is 21.9 Å². The number of rotatable bonds is 10. The van der Waals surface area contributed by atoms with Gasteiger partial charge in [0.1, 0.15) is 24.4 Å². The fourth-order valence-corrected chi connectivity index (χ4v) is 6.29. The largest absolute Gasteiger partial charge is 0.367 e. The molecule has 3 rings (SSSR count). The van der Waals surface area contributed by atoms with Crippen molar-refractivity contribution in [1.82, 2.24) is 14.2 Å². The molecule has 2 bridgehead atoms. The number of fused-ring (bicyclic) bond motifs is 2. The van der Waals surface area contributed by atoms with Gasteiger partial charge in [-0.2, -0.15) is 0 Å². The summed E-state index contributed by atoms with van der Waals surface area (Å²) in [5, 5.41) is 0.435. The van der Waals surface area contributed by atoms with Crippen LogP contribution < -0.4 is 11.2 Å². The highest BCUT2D eigenvalue weighted by atomic mass is 79.9. The second kappa shape index (κ2) is 10.2. The molecule has 1 aromatic rings. The van der Waals surface area contributed by atoms with Crippen molar-refractivity contribution in [2.75, 3.05) is 25.1 Å². The van der Waals surface area contributed by atoms with Crippen LogP contribution in [0, 0.1) is 6.57 Å². The molecular weight excluding hydrogens is 491 g/mol. The maximum atomic E-state index is 12.3. The van der Waals surface area contributed by atoms with Gasteiger partial charge in [-0.1, -0.05) is 15.9 Å². The second-order valence-corrected chi connectivity index (χ2v) is 10.0. The Morgan fingerprint density at radius 2 is 2.13 bits per heavy atom. The van der Waals surface area contributed by atoms with Crippen LogP contribution in [0.5, 0.6) is 0 Å². The van der Waals surface area contributed by atoms with Crippen molar-refractivity contribution in [3.63, 3.8) is 0 Å². The van der Waals surface area contributed by atoms with Gasteiger partial charge in [0.05, 0.1) is 6.61 Å². The lowest BCUT2D eigenvalue weighted by Gasteiger charge is -2.38. The molecule has 2 saturated heterocycles. The number of ether oxygens (including phenoxy) is 2. The zero-order valence-electron chi connectivity index (χ0n) is 18.0. The topological polar surface area (TPSA) is 99.4 Å². The number of aromatic nitrogens is 2. The van der Waals surface area contributed by atoms with Crippen molar-refractivity contribution in [1.29, 1.82) is 0 Å². The summed E-state index contributed by atoms with van der Waals surface area (Å²) in [6.45, 7) is 16.1. The summed E-state index contributed by atoms with van der Waals surface area (Å²) in [7, 11) is -1.51. The fraction of sp³-hybridized carbons (Fsp3) is 0.737. The molecule has 1 aromatic heterocycles. The lowest BCUT2D eigenvalue weighted by atomic mass is 10.0. The Hall–Kier alpha value is -1.12. The molecule has 31 heavy (non-hydrogen) atoms. The predicted octanol–water partition coefficient (Wildman–Crippen LogP) is 2.26. The summed E-state index contributed by atoms with van der Waals surface area (Å²) >= 11 is 3.52. The highest BCUT2D eigenvalue weighted by Crippen LogP contribution is 2.55. The zero-order chi connectivity index (χ0) is 22.8. The third-order valence-corrected chi connectivity index (χ3v) is 8.24. The molecule has 0 amide bonds. The lowest BCUT2D eigenvalue weighted by molar-refractivity contribution is -0.164. The van der Waals surface area contributed by atoms with Crippen LogP contribution in [0.25, 0.3) is 4.85 Å². The summed E-state index contributed by atoms with van der Waals surface area (Å²) in [5.41, 5.74) is -1.86. The molecular formula is C19H28BrN4O6P. The Labute approximate surface area is 190 Å². The number of alkyl halides is 1. The summed E-state index contributed by atoms with van der Waals surface area (Å²) in [6, 6.07) is 1.57. The number of nitrogens with one attached hydrogen (secondary N) is 1. The highest BCUT2D eigenvalue weighted by Gasteiger charge is 2.63. The monoisotopic (exact) mass is 518 g/mol. The van der Waals surface area contributed by atoms with Crippen molar-refractivity contribution in [3.05, 3.63) is 44.5 Å². The lowest BCUT2D eigenvalue weighted by Crippen LogP contribution is -2.44. The van der Waals surface area contributed by atoms with Gasteiger partial charge in [0.2, 0.25) is 6.54 Å². The summed E-state index contributed by atoms with van der Waals surface area (Å²) in [4.78, 5) is 29.4. The Morgan fingerprint density at radius 3 is 2.71 bits per heavy atom. The Kier molecular flexibility index (Phi) is 8.08. The van der Waals surface area contributed by atoms with Gasteiger partial charge in [-0.05, 0) is 27.7 Å². The Balaban J connectivity index is 1.90. The van der Waals surface area contributed by atoms with E-state index >= 15 is 0 Å². The third-order valence-electron chi connectivity index (χ3n) is 5.18. The standard InChI is InChI=1S/C19H28BrN4O6P/c1-12(2)24(13(3)4)31(28-9-7-21-5)30-16-15-17(29-19(16,10-20)11-27-15)23-8-6-14(25)22-18(23)26/h6,8,12-13,15-17H,7,9-11H2,1-4H3,(H,22,25,26)/t15?,16-,17-,19+,31?/m1/s1. The van der Waals surface area contributed by atoms with E-state index in [9.17, 15) is 9.59 Å². The molecule has 2 aliphatic rings. The maximum absolute atomic E-state index is 12.3. The molecule has 12 heteroatoms. The fourth-order valence-electron chi connectivity index (χ4n) is 3.88. The van der Waals surface area contributed by atoms with E-state index in [1.54, 1.807) is 0 Å². The van der Waals surface area contributed by atoms with Crippen LogP contribution in [0.4, 0.5) is 0 Å². The average molecular weight is 519 g/mol. The molecule has 0 aliphatic carbocycles. The van der Waals surface area contributed by atoms with Crippen LogP contribution >= 0.6 is 24.5 Å². The molecule has 2 unspecified atom stereocenters. The molecule has 0 spiro atoms. The van der Waals surface area contributed by atoms with Crippen molar-refractivity contribution in [2.24, 2.45) is 0 Å². The van der Waals surface area contributed by atoms with Gasteiger partial charge in [0.15, 0.2) is 6.23 Å². The van der Waals surface area contributed by atoms with Crippen LogP contribution in [-0.2, 0) is 18.5 Å². The quantitative estimate of drug-likeness (QED) is 0.219. The first-order valence-electron chi connectivity index (χ1n) is 10.1. The first-order chi connectivity index (χ1) is 14.7. The molecule has 3 heterocycles. The highest BCUT2D eigenvalue weighted by molar-refractivity contribution is 9.09. The number of hydrogen-bond acceptors (Lipinski definition) is 7. The predicted molar refractivity (Wildman–Crippen MR) is 119 cm³/mol. The molecule has 0 saturated carbocycles. The van der Waals surface area contributed by atoms with E-state index < -0.39 is 43.8 Å². The molecule has 5 atom stereocenters. The van der Waals surface area contributed by atoms with Gasteiger partial charge in [-0.25, -0.2) is 16.0 Å². The van der Waals surface area contributed by atoms with Gasteiger partial charge in [-0.15, -0.1) is 0 Å². The first kappa shape index (κ1) is 24.5. The minimum Gasteiger partial charge on any atom is -0.367 e. The van der Waals surface area contributed by atoms with E-state index in [1.807, 2.05) is 0 Å². The first-order valence-corrected chi connectivity index (χ1v) is 12.4. The molecule has 0 radical (unpaired) electrons. The van der Waals surface area contributed by atoms with Crippen molar-refractivity contribution >= 4 is 24.5 Å². The van der Waals surface area contributed by atoms with Gasteiger partial charge >= 0.3 is 5.69 Å².